The Bertz CT molecular complexity index is 491. The molecule has 1 aromatic carbocycles. The van der Waals surface area contributed by atoms with Crippen molar-refractivity contribution in [2.45, 2.75) is 25.8 Å². The summed E-state index contributed by atoms with van der Waals surface area (Å²) in [5.74, 6) is 2.94. The molecule has 0 amide bonds. The van der Waals surface area contributed by atoms with Gasteiger partial charge < -0.3 is 20.5 Å². The summed E-state index contributed by atoms with van der Waals surface area (Å²) in [5.41, 5.74) is 6.96. The fourth-order valence-corrected chi connectivity index (χ4v) is 2.96. The summed E-state index contributed by atoms with van der Waals surface area (Å²) >= 11 is 6.23. The van der Waals surface area contributed by atoms with Gasteiger partial charge in [0.25, 0.3) is 0 Å². The third kappa shape index (κ3) is 2.87. The van der Waals surface area contributed by atoms with Crippen LogP contribution in [0.5, 0.6) is 11.5 Å². The van der Waals surface area contributed by atoms with Crippen molar-refractivity contribution in [3.05, 3.63) is 22.7 Å². The number of hydrogen-bond acceptors (Lipinski definition) is 4. The first-order valence-corrected chi connectivity index (χ1v) is 7.59. The normalized spacial score (nSPS) is 19.9. The second-order valence-corrected chi connectivity index (χ2v) is 6.15. The smallest absolute Gasteiger partial charge is 0.231 e. The third-order valence-corrected chi connectivity index (χ3v) is 4.48. The molecule has 3 rings (SSSR count). The molecule has 1 aliphatic heterocycles. The van der Waals surface area contributed by atoms with E-state index in [1.165, 1.54) is 12.8 Å². The number of ether oxygens (including phenoxy) is 2. The first-order valence-electron chi connectivity index (χ1n) is 7.21. The van der Waals surface area contributed by atoms with Gasteiger partial charge in [-0.05, 0) is 48.9 Å². The molecule has 2 unspecified atom stereocenters. The standard InChI is InChI=1S/C15H21ClN2O2/c1-9(10-2-3-10)7-18-13(6-17)11-4-12(16)15-14(5-11)19-8-20-15/h4-5,9-10,13,18H,2-3,6-8,17H2,1H3. The first kappa shape index (κ1) is 14.0. The summed E-state index contributed by atoms with van der Waals surface area (Å²) in [7, 11) is 0. The molecule has 1 heterocycles. The summed E-state index contributed by atoms with van der Waals surface area (Å²) in [6.45, 7) is 4.05. The van der Waals surface area contributed by atoms with Gasteiger partial charge in [-0.15, -0.1) is 0 Å². The van der Waals surface area contributed by atoms with Gasteiger partial charge in [-0.25, -0.2) is 0 Å². The minimum absolute atomic E-state index is 0.100. The molecule has 20 heavy (non-hydrogen) atoms. The summed E-state index contributed by atoms with van der Waals surface area (Å²) < 4.78 is 10.7. The van der Waals surface area contributed by atoms with E-state index in [0.717, 1.165) is 18.0 Å². The van der Waals surface area contributed by atoms with Crippen LogP contribution in [0.4, 0.5) is 0 Å². The Morgan fingerprint density at radius 1 is 1.40 bits per heavy atom. The molecule has 0 spiro atoms. The van der Waals surface area contributed by atoms with E-state index >= 15 is 0 Å². The average molecular weight is 297 g/mol. The van der Waals surface area contributed by atoms with Gasteiger partial charge in [0.1, 0.15) is 0 Å². The molecule has 1 fully saturated rings. The Labute approximate surface area is 124 Å². The van der Waals surface area contributed by atoms with Crippen molar-refractivity contribution >= 4 is 11.6 Å². The molecule has 1 aromatic rings. The highest BCUT2D eigenvalue weighted by molar-refractivity contribution is 6.32. The molecule has 0 radical (unpaired) electrons. The lowest BCUT2D eigenvalue weighted by Crippen LogP contribution is -2.32. The Balaban J connectivity index is 1.70. The number of halogens is 1. The maximum absolute atomic E-state index is 6.23. The molecular weight excluding hydrogens is 276 g/mol. The highest BCUT2D eigenvalue weighted by atomic mass is 35.5. The van der Waals surface area contributed by atoms with Crippen molar-refractivity contribution in [3.8, 4) is 11.5 Å². The Kier molecular flexibility index (Phi) is 4.06. The lowest BCUT2D eigenvalue weighted by molar-refractivity contribution is 0.174. The van der Waals surface area contributed by atoms with Gasteiger partial charge in [0, 0.05) is 12.6 Å². The molecular formula is C15H21ClN2O2. The molecule has 0 aromatic heterocycles. The van der Waals surface area contributed by atoms with Crippen LogP contribution in [0.25, 0.3) is 0 Å². The molecule has 0 saturated heterocycles. The van der Waals surface area contributed by atoms with Gasteiger partial charge in [-0.1, -0.05) is 18.5 Å². The van der Waals surface area contributed by atoms with E-state index in [0.29, 0.717) is 29.0 Å². The highest BCUT2D eigenvalue weighted by Gasteiger charge is 2.28. The van der Waals surface area contributed by atoms with Crippen LogP contribution in [0, 0.1) is 11.8 Å². The van der Waals surface area contributed by atoms with Crippen LogP contribution in [-0.4, -0.2) is 19.9 Å². The third-order valence-electron chi connectivity index (χ3n) is 4.20. The van der Waals surface area contributed by atoms with E-state index in [1.807, 2.05) is 12.1 Å². The van der Waals surface area contributed by atoms with Crippen LogP contribution in [0.3, 0.4) is 0 Å². The first-order chi connectivity index (χ1) is 9.69. The van der Waals surface area contributed by atoms with Gasteiger partial charge in [-0.3, -0.25) is 0 Å². The molecule has 1 saturated carbocycles. The summed E-state index contributed by atoms with van der Waals surface area (Å²) in [6, 6.07) is 3.99. The second-order valence-electron chi connectivity index (χ2n) is 5.75. The van der Waals surface area contributed by atoms with Gasteiger partial charge >= 0.3 is 0 Å². The predicted octanol–water partition coefficient (Wildman–Crippen LogP) is 2.70. The Hall–Kier alpha value is -0.970. The molecule has 4 nitrogen and oxygen atoms in total. The quantitative estimate of drug-likeness (QED) is 0.847. The molecule has 2 aliphatic rings. The van der Waals surface area contributed by atoms with E-state index in [1.54, 1.807) is 0 Å². The van der Waals surface area contributed by atoms with E-state index in [-0.39, 0.29) is 12.8 Å². The zero-order valence-corrected chi connectivity index (χ0v) is 12.5. The molecule has 2 atom stereocenters. The van der Waals surface area contributed by atoms with Crippen molar-refractivity contribution < 1.29 is 9.47 Å². The van der Waals surface area contributed by atoms with E-state index in [2.05, 4.69) is 12.2 Å². The SMILES string of the molecule is CC(CNC(CN)c1cc(Cl)c2c(c1)OCO2)C1CC1. The number of nitrogens with one attached hydrogen (secondary N) is 1. The number of fused-ring (bicyclic) bond motifs is 1. The van der Waals surface area contributed by atoms with E-state index in [9.17, 15) is 0 Å². The van der Waals surface area contributed by atoms with Crippen LogP contribution in [-0.2, 0) is 0 Å². The Morgan fingerprint density at radius 3 is 2.90 bits per heavy atom. The van der Waals surface area contributed by atoms with Crippen LogP contribution < -0.4 is 20.5 Å². The maximum Gasteiger partial charge on any atom is 0.231 e. The van der Waals surface area contributed by atoms with Crippen LogP contribution in [0.15, 0.2) is 12.1 Å². The van der Waals surface area contributed by atoms with Gasteiger partial charge in [-0.2, -0.15) is 0 Å². The fourth-order valence-electron chi connectivity index (χ4n) is 2.69. The maximum atomic E-state index is 6.23. The number of rotatable bonds is 6. The summed E-state index contributed by atoms with van der Waals surface area (Å²) in [6.07, 6.45) is 2.73. The largest absolute Gasteiger partial charge is 0.454 e. The molecule has 3 N–H and O–H groups in total. The van der Waals surface area contributed by atoms with Crippen molar-refractivity contribution in [2.24, 2.45) is 17.6 Å². The van der Waals surface area contributed by atoms with Crippen molar-refractivity contribution in [3.63, 3.8) is 0 Å². The minimum atomic E-state index is 0.100. The molecule has 5 heteroatoms. The number of benzene rings is 1. The summed E-state index contributed by atoms with van der Waals surface area (Å²) in [4.78, 5) is 0. The van der Waals surface area contributed by atoms with Gasteiger partial charge in [0.15, 0.2) is 11.5 Å². The average Bonchev–Trinajstić information content (AvgIpc) is 3.18. The monoisotopic (exact) mass is 296 g/mol. The topological polar surface area (TPSA) is 56.5 Å². The van der Waals surface area contributed by atoms with E-state index in [4.69, 9.17) is 26.8 Å². The molecule has 0 bridgehead atoms. The highest BCUT2D eigenvalue weighted by Crippen LogP contribution is 2.41. The predicted molar refractivity (Wildman–Crippen MR) is 79.3 cm³/mol. The van der Waals surface area contributed by atoms with Crippen molar-refractivity contribution in [1.82, 2.24) is 5.32 Å². The van der Waals surface area contributed by atoms with Crippen LogP contribution >= 0.6 is 11.6 Å². The minimum Gasteiger partial charge on any atom is -0.454 e. The zero-order valence-electron chi connectivity index (χ0n) is 11.7. The lowest BCUT2D eigenvalue weighted by atomic mass is 10.0. The number of hydrogen-bond donors (Lipinski definition) is 2. The van der Waals surface area contributed by atoms with Crippen LogP contribution in [0.1, 0.15) is 31.4 Å². The van der Waals surface area contributed by atoms with Gasteiger partial charge in [0.2, 0.25) is 6.79 Å². The number of nitrogens with two attached hydrogens (primary N) is 1. The summed E-state index contributed by atoms with van der Waals surface area (Å²) in [5, 5.41) is 4.13. The van der Waals surface area contributed by atoms with Crippen molar-refractivity contribution in [1.29, 1.82) is 0 Å². The van der Waals surface area contributed by atoms with Crippen LogP contribution in [0.2, 0.25) is 5.02 Å². The van der Waals surface area contributed by atoms with Crippen molar-refractivity contribution in [2.75, 3.05) is 19.9 Å². The fraction of sp³-hybridized carbons (Fsp3) is 0.600. The Morgan fingerprint density at radius 2 is 2.20 bits per heavy atom. The zero-order chi connectivity index (χ0) is 14.1. The second kappa shape index (κ2) is 5.80. The van der Waals surface area contributed by atoms with E-state index < -0.39 is 0 Å². The molecule has 110 valence electrons. The lowest BCUT2D eigenvalue weighted by Gasteiger charge is -2.20. The van der Waals surface area contributed by atoms with Gasteiger partial charge in [0.05, 0.1) is 5.02 Å². The molecule has 1 aliphatic carbocycles.